The van der Waals surface area contributed by atoms with Gasteiger partial charge in [0.05, 0.1) is 5.52 Å². The van der Waals surface area contributed by atoms with Crippen molar-refractivity contribution in [3.05, 3.63) is 28.4 Å². The lowest BCUT2D eigenvalue weighted by Gasteiger charge is -2.23. The molecule has 2 heterocycles. The fourth-order valence-corrected chi connectivity index (χ4v) is 2.76. The summed E-state index contributed by atoms with van der Waals surface area (Å²) in [5, 5.41) is 11.9. The van der Waals surface area contributed by atoms with Crippen LogP contribution < -0.4 is 5.32 Å². The highest BCUT2D eigenvalue weighted by Gasteiger charge is 2.15. The minimum absolute atomic E-state index is 0.514. The molecular formula is C12H14BrN3. The molecule has 0 aliphatic carbocycles. The highest BCUT2D eigenvalue weighted by Crippen LogP contribution is 2.28. The number of aromatic nitrogens is 2. The van der Waals surface area contributed by atoms with E-state index in [1.54, 1.807) is 0 Å². The van der Waals surface area contributed by atoms with Gasteiger partial charge < -0.3 is 5.32 Å². The molecule has 2 aromatic rings. The van der Waals surface area contributed by atoms with E-state index in [1.165, 1.54) is 30.2 Å². The normalized spacial score (nSPS) is 21.4. The minimum atomic E-state index is 0.514. The Morgan fingerprint density at radius 3 is 3.06 bits per heavy atom. The average molecular weight is 280 g/mol. The Bertz CT molecular complexity index is 500. The van der Waals surface area contributed by atoms with Crippen molar-refractivity contribution in [3.63, 3.8) is 0 Å². The van der Waals surface area contributed by atoms with Crippen molar-refractivity contribution in [2.75, 3.05) is 6.54 Å². The maximum Gasteiger partial charge on any atom is 0.108 e. The van der Waals surface area contributed by atoms with Crippen molar-refractivity contribution in [2.24, 2.45) is 0 Å². The molecule has 1 aliphatic heterocycles. The first-order valence-corrected chi connectivity index (χ1v) is 6.51. The number of nitrogens with zero attached hydrogens (tertiary/aromatic N) is 1. The number of hydrogen-bond donors (Lipinski definition) is 2. The Labute approximate surface area is 103 Å². The van der Waals surface area contributed by atoms with E-state index in [0.717, 1.165) is 16.7 Å². The minimum Gasteiger partial charge on any atom is -0.310 e. The molecule has 1 aromatic carbocycles. The van der Waals surface area contributed by atoms with Crippen LogP contribution >= 0.6 is 15.9 Å². The Morgan fingerprint density at radius 2 is 2.25 bits per heavy atom. The highest BCUT2D eigenvalue weighted by atomic mass is 79.9. The Balaban J connectivity index is 1.99. The van der Waals surface area contributed by atoms with E-state index in [0.29, 0.717) is 6.04 Å². The van der Waals surface area contributed by atoms with Crippen LogP contribution in [0.25, 0.3) is 10.9 Å². The van der Waals surface area contributed by atoms with Crippen molar-refractivity contribution >= 4 is 26.8 Å². The van der Waals surface area contributed by atoms with Crippen LogP contribution in [0, 0.1) is 0 Å². The molecule has 0 saturated carbocycles. The third kappa shape index (κ3) is 1.76. The van der Waals surface area contributed by atoms with E-state index in [9.17, 15) is 0 Å². The maximum atomic E-state index is 4.21. The number of nitrogens with one attached hydrogen (secondary N) is 2. The van der Waals surface area contributed by atoms with E-state index in [1.807, 2.05) is 0 Å². The summed E-state index contributed by atoms with van der Waals surface area (Å²) in [5.41, 5.74) is 2.39. The van der Waals surface area contributed by atoms with Gasteiger partial charge in [0, 0.05) is 11.4 Å². The van der Waals surface area contributed by atoms with E-state index < -0.39 is 0 Å². The fraction of sp³-hybridized carbons (Fsp3) is 0.417. The third-order valence-corrected chi connectivity index (χ3v) is 3.85. The zero-order valence-electron chi connectivity index (χ0n) is 8.96. The number of piperidine rings is 1. The number of aromatic amines is 1. The van der Waals surface area contributed by atoms with Crippen LogP contribution in [0.4, 0.5) is 0 Å². The van der Waals surface area contributed by atoms with Crippen molar-refractivity contribution in [1.29, 1.82) is 0 Å². The summed E-state index contributed by atoms with van der Waals surface area (Å²) in [7, 11) is 0. The van der Waals surface area contributed by atoms with Crippen molar-refractivity contribution < 1.29 is 0 Å². The first kappa shape index (κ1) is 10.3. The summed E-state index contributed by atoms with van der Waals surface area (Å²) in [5.74, 6) is 0. The highest BCUT2D eigenvalue weighted by molar-refractivity contribution is 9.10. The molecular weight excluding hydrogens is 266 g/mol. The number of hydrogen-bond acceptors (Lipinski definition) is 2. The van der Waals surface area contributed by atoms with Gasteiger partial charge in [-0.25, -0.2) is 0 Å². The number of H-pyrrole nitrogens is 1. The van der Waals surface area contributed by atoms with Crippen LogP contribution in [0.2, 0.25) is 0 Å². The SMILES string of the molecule is Brc1[nH]nc2ccc(C3CCCCN3)cc12. The second-order valence-corrected chi connectivity index (χ2v) is 5.11. The Kier molecular flexibility index (Phi) is 2.69. The summed E-state index contributed by atoms with van der Waals surface area (Å²) in [6.45, 7) is 1.13. The standard InChI is InChI=1S/C12H14BrN3/c13-12-9-7-8(4-5-11(9)15-16-12)10-3-1-2-6-14-10/h4-5,7,10,14H,1-3,6H2,(H,15,16). The molecule has 1 atom stereocenters. The molecule has 0 amide bonds. The first-order valence-electron chi connectivity index (χ1n) is 5.71. The smallest absolute Gasteiger partial charge is 0.108 e. The molecule has 84 valence electrons. The quantitative estimate of drug-likeness (QED) is 0.842. The molecule has 1 aromatic heterocycles. The van der Waals surface area contributed by atoms with Gasteiger partial charge in [-0.05, 0) is 53.0 Å². The van der Waals surface area contributed by atoms with Gasteiger partial charge >= 0.3 is 0 Å². The van der Waals surface area contributed by atoms with Gasteiger partial charge in [-0.15, -0.1) is 0 Å². The molecule has 4 heteroatoms. The lowest BCUT2D eigenvalue weighted by molar-refractivity contribution is 0.412. The predicted molar refractivity (Wildman–Crippen MR) is 68.4 cm³/mol. The zero-order chi connectivity index (χ0) is 11.0. The Morgan fingerprint density at radius 1 is 1.31 bits per heavy atom. The summed E-state index contributed by atoms with van der Waals surface area (Å²) in [4.78, 5) is 0. The largest absolute Gasteiger partial charge is 0.310 e. The van der Waals surface area contributed by atoms with Gasteiger partial charge in [0.25, 0.3) is 0 Å². The van der Waals surface area contributed by atoms with Crippen LogP contribution in [0.1, 0.15) is 30.9 Å². The summed E-state index contributed by atoms with van der Waals surface area (Å²) < 4.78 is 0.972. The summed E-state index contributed by atoms with van der Waals surface area (Å²) in [6, 6.07) is 7.01. The van der Waals surface area contributed by atoms with Gasteiger partial charge in [0.15, 0.2) is 0 Å². The van der Waals surface area contributed by atoms with E-state index in [-0.39, 0.29) is 0 Å². The first-order chi connectivity index (χ1) is 7.84. The van der Waals surface area contributed by atoms with Crippen LogP contribution in [-0.4, -0.2) is 16.7 Å². The van der Waals surface area contributed by atoms with Gasteiger partial charge in [0.1, 0.15) is 4.60 Å². The number of benzene rings is 1. The number of fused-ring (bicyclic) bond motifs is 1. The average Bonchev–Trinajstić information content (AvgIpc) is 2.72. The van der Waals surface area contributed by atoms with Crippen molar-refractivity contribution in [1.82, 2.24) is 15.5 Å². The van der Waals surface area contributed by atoms with Gasteiger partial charge in [-0.3, -0.25) is 5.10 Å². The summed E-state index contributed by atoms with van der Waals surface area (Å²) in [6.07, 6.45) is 3.86. The van der Waals surface area contributed by atoms with E-state index in [4.69, 9.17) is 0 Å². The molecule has 0 radical (unpaired) electrons. The molecule has 3 rings (SSSR count). The van der Waals surface area contributed by atoms with Gasteiger partial charge in [0.2, 0.25) is 0 Å². The second kappa shape index (κ2) is 4.18. The van der Waals surface area contributed by atoms with Gasteiger partial charge in [-0.1, -0.05) is 12.5 Å². The predicted octanol–water partition coefficient (Wildman–Crippen LogP) is 3.14. The third-order valence-electron chi connectivity index (χ3n) is 3.24. The molecule has 0 spiro atoms. The Hall–Kier alpha value is -0.870. The van der Waals surface area contributed by atoms with E-state index >= 15 is 0 Å². The van der Waals surface area contributed by atoms with Crippen molar-refractivity contribution in [2.45, 2.75) is 25.3 Å². The molecule has 1 saturated heterocycles. The zero-order valence-corrected chi connectivity index (χ0v) is 10.5. The lowest BCUT2D eigenvalue weighted by atomic mass is 9.97. The van der Waals surface area contributed by atoms with Crippen molar-refractivity contribution in [3.8, 4) is 0 Å². The van der Waals surface area contributed by atoms with Gasteiger partial charge in [-0.2, -0.15) is 5.10 Å². The maximum absolute atomic E-state index is 4.21. The molecule has 2 N–H and O–H groups in total. The van der Waals surface area contributed by atoms with Crippen LogP contribution in [0.5, 0.6) is 0 Å². The topological polar surface area (TPSA) is 40.7 Å². The second-order valence-electron chi connectivity index (χ2n) is 4.32. The molecule has 1 unspecified atom stereocenters. The molecule has 0 bridgehead atoms. The number of rotatable bonds is 1. The fourth-order valence-electron chi connectivity index (χ4n) is 2.35. The molecule has 16 heavy (non-hydrogen) atoms. The van der Waals surface area contributed by atoms with Crippen LogP contribution in [-0.2, 0) is 0 Å². The van der Waals surface area contributed by atoms with E-state index in [2.05, 4.69) is 49.6 Å². The number of halogens is 1. The monoisotopic (exact) mass is 279 g/mol. The molecule has 1 aliphatic rings. The molecule has 3 nitrogen and oxygen atoms in total. The lowest BCUT2D eigenvalue weighted by Crippen LogP contribution is -2.26. The van der Waals surface area contributed by atoms with Crippen LogP contribution in [0.15, 0.2) is 22.8 Å². The van der Waals surface area contributed by atoms with Crippen LogP contribution in [0.3, 0.4) is 0 Å². The molecule has 1 fully saturated rings. The summed E-state index contributed by atoms with van der Waals surface area (Å²) >= 11 is 3.49.